The maximum Gasteiger partial charge on any atom is 0.303 e. The van der Waals surface area contributed by atoms with Crippen molar-refractivity contribution in [2.75, 3.05) is 6.54 Å². The van der Waals surface area contributed by atoms with Crippen LogP contribution in [0.3, 0.4) is 0 Å². The molecule has 1 heterocycles. The van der Waals surface area contributed by atoms with Gasteiger partial charge in [0.2, 0.25) is 0 Å². The highest BCUT2D eigenvalue weighted by atomic mass is 16.4. The molecular formula is C14H25NO2. The summed E-state index contributed by atoms with van der Waals surface area (Å²) in [6.07, 6.45) is 8.97. The Bertz CT molecular complexity index is 267. The number of carboxylic acids is 1. The minimum Gasteiger partial charge on any atom is -0.481 e. The number of hydrogen-bond acceptors (Lipinski definition) is 2. The van der Waals surface area contributed by atoms with Crippen molar-refractivity contribution in [2.24, 2.45) is 5.92 Å². The van der Waals surface area contributed by atoms with Gasteiger partial charge in [-0.05, 0) is 51.0 Å². The predicted octanol–water partition coefficient (Wildman–Crippen LogP) is 2.89. The summed E-state index contributed by atoms with van der Waals surface area (Å²) in [7, 11) is 0. The Kier molecular flexibility index (Phi) is 4.43. The first kappa shape index (κ1) is 12.9. The molecule has 0 aromatic carbocycles. The third kappa shape index (κ3) is 3.44. The molecule has 2 fully saturated rings. The fourth-order valence-corrected chi connectivity index (χ4v) is 3.58. The molecular weight excluding hydrogens is 214 g/mol. The highest BCUT2D eigenvalue weighted by molar-refractivity contribution is 5.66. The second-order valence-electron chi connectivity index (χ2n) is 5.89. The quantitative estimate of drug-likeness (QED) is 0.820. The van der Waals surface area contributed by atoms with Gasteiger partial charge in [0.05, 0.1) is 0 Å². The molecule has 0 bridgehead atoms. The van der Waals surface area contributed by atoms with E-state index in [1.165, 1.54) is 45.1 Å². The third-order valence-corrected chi connectivity index (χ3v) is 4.50. The first-order valence-corrected chi connectivity index (χ1v) is 7.14. The van der Waals surface area contributed by atoms with Crippen LogP contribution in [0.15, 0.2) is 0 Å². The number of carboxylic acid groups (broad SMARTS) is 1. The minimum atomic E-state index is -0.643. The summed E-state index contributed by atoms with van der Waals surface area (Å²) in [4.78, 5) is 13.3. The molecule has 1 N–H and O–H groups in total. The molecule has 98 valence electrons. The smallest absolute Gasteiger partial charge is 0.303 e. The van der Waals surface area contributed by atoms with Crippen LogP contribution in [0.2, 0.25) is 0 Å². The van der Waals surface area contributed by atoms with E-state index in [2.05, 4.69) is 11.8 Å². The van der Waals surface area contributed by atoms with Crippen LogP contribution in [0.1, 0.15) is 58.3 Å². The van der Waals surface area contributed by atoms with E-state index in [0.29, 0.717) is 12.5 Å². The van der Waals surface area contributed by atoms with E-state index in [0.717, 1.165) is 18.4 Å². The molecule has 0 spiro atoms. The Morgan fingerprint density at radius 1 is 1.29 bits per heavy atom. The van der Waals surface area contributed by atoms with Gasteiger partial charge in [-0.15, -0.1) is 0 Å². The molecule has 1 aliphatic carbocycles. The lowest BCUT2D eigenvalue weighted by atomic mass is 9.95. The molecule has 3 heteroatoms. The number of likely N-dealkylation sites (tertiary alicyclic amines) is 1. The van der Waals surface area contributed by atoms with Crippen molar-refractivity contribution in [3.63, 3.8) is 0 Å². The summed E-state index contributed by atoms with van der Waals surface area (Å²) < 4.78 is 0. The van der Waals surface area contributed by atoms with Crippen molar-refractivity contribution in [3.05, 3.63) is 0 Å². The van der Waals surface area contributed by atoms with E-state index < -0.39 is 5.97 Å². The second-order valence-corrected chi connectivity index (χ2v) is 5.89. The van der Waals surface area contributed by atoms with Gasteiger partial charge >= 0.3 is 5.97 Å². The maximum absolute atomic E-state index is 10.7. The number of aliphatic carboxylic acids is 1. The number of nitrogens with zero attached hydrogens (tertiary/aromatic N) is 1. The standard InChI is InChI=1S/C14H25NO2/c1-11-5-6-13(10-11)15-9-3-2-4-12(15)7-8-14(16)17/h11-13H,2-10H2,1H3,(H,16,17). The van der Waals surface area contributed by atoms with E-state index in [1.54, 1.807) is 0 Å². The van der Waals surface area contributed by atoms with Crippen LogP contribution in [-0.4, -0.2) is 34.6 Å². The van der Waals surface area contributed by atoms with Gasteiger partial charge in [-0.25, -0.2) is 0 Å². The normalized spacial score (nSPS) is 35.0. The highest BCUT2D eigenvalue weighted by Gasteiger charge is 2.32. The molecule has 3 nitrogen and oxygen atoms in total. The zero-order valence-corrected chi connectivity index (χ0v) is 10.9. The molecule has 2 aliphatic rings. The molecule has 3 atom stereocenters. The van der Waals surface area contributed by atoms with Crippen LogP contribution in [0.4, 0.5) is 0 Å². The lowest BCUT2D eigenvalue weighted by Crippen LogP contribution is -2.45. The van der Waals surface area contributed by atoms with Gasteiger partial charge in [0.25, 0.3) is 0 Å². The molecule has 0 aromatic heterocycles. The summed E-state index contributed by atoms with van der Waals surface area (Å²) in [6, 6.07) is 1.28. The second kappa shape index (κ2) is 5.85. The van der Waals surface area contributed by atoms with Gasteiger partial charge in [0, 0.05) is 18.5 Å². The van der Waals surface area contributed by atoms with Crippen LogP contribution in [0.5, 0.6) is 0 Å². The largest absolute Gasteiger partial charge is 0.481 e. The van der Waals surface area contributed by atoms with Crippen LogP contribution in [0, 0.1) is 5.92 Å². The Hall–Kier alpha value is -0.570. The molecule has 0 amide bonds. The third-order valence-electron chi connectivity index (χ3n) is 4.50. The summed E-state index contributed by atoms with van der Waals surface area (Å²) in [5, 5.41) is 8.82. The molecule has 17 heavy (non-hydrogen) atoms. The van der Waals surface area contributed by atoms with Crippen molar-refractivity contribution in [1.29, 1.82) is 0 Å². The minimum absolute atomic E-state index is 0.337. The van der Waals surface area contributed by atoms with Crippen molar-refractivity contribution in [3.8, 4) is 0 Å². The van der Waals surface area contributed by atoms with Crippen LogP contribution in [-0.2, 0) is 4.79 Å². The van der Waals surface area contributed by atoms with Crippen LogP contribution in [0.25, 0.3) is 0 Å². The molecule has 0 radical (unpaired) electrons. The van der Waals surface area contributed by atoms with Crippen molar-refractivity contribution >= 4 is 5.97 Å². The predicted molar refractivity (Wildman–Crippen MR) is 68.0 cm³/mol. The summed E-state index contributed by atoms with van der Waals surface area (Å²) >= 11 is 0. The van der Waals surface area contributed by atoms with Gasteiger partial charge in [-0.1, -0.05) is 13.3 Å². The van der Waals surface area contributed by atoms with Crippen LogP contribution < -0.4 is 0 Å². The van der Waals surface area contributed by atoms with Crippen molar-refractivity contribution in [1.82, 2.24) is 4.90 Å². The Labute approximate surface area is 104 Å². The van der Waals surface area contributed by atoms with E-state index in [4.69, 9.17) is 5.11 Å². The first-order valence-electron chi connectivity index (χ1n) is 7.14. The summed E-state index contributed by atoms with van der Waals surface area (Å²) in [5.74, 6) is 0.220. The summed E-state index contributed by atoms with van der Waals surface area (Å²) in [5.41, 5.74) is 0. The number of carbonyl (C=O) groups is 1. The monoisotopic (exact) mass is 239 g/mol. The average molecular weight is 239 g/mol. The van der Waals surface area contributed by atoms with E-state index in [1.807, 2.05) is 0 Å². The summed E-state index contributed by atoms with van der Waals surface area (Å²) in [6.45, 7) is 3.54. The van der Waals surface area contributed by atoms with E-state index in [9.17, 15) is 4.79 Å². The van der Waals surface area contributed by atoms with Gasteiger partial charge in [-0.2, -0.15) is 0 Å². The van der Waals surface area contributed by atoms with Gasteiger partial charge < -0.3 is 5.11 Å². The Balaban J connectivity index is 1.89. The molecule has 1 aliphatic heterocycles. The zero-order chi connectivity index (χ0) is 12.3. The SMILES string of the molecule is CC1CCC(N2CCCCC2CCC(=O)O)C1. The van der Waals surface area contributed by atoms with Gasteiger partial charge in [0.15, 0.2) is 0 Å². The van der Waals surface area contributed by atoms with Crippen molar-refractivity contribution < 1.29 is 9.90 Å². The molecule has 1 saturated heterocycles. The average Bonchev–Trinajstić information content (AvgIpc) is 2.73. The fourth-order valence-electron chi connectivity index (χ4n) is 3.58. The highest BCUT2D eigenvalue weighted by Crippen LogP contribution is 2.33. The number of rotatable bonds is 4. The Morgan fingerprint density at radius 2 is 2.12 bits per heavy atom. The Morgan fingerprint density at radius 3 is 2.76 bits per heavy atom. The topological polar surface area (TPSA) is 40.5 Å². The molecule has 1 saturated carbocycles. The lowest BCUT2D eigenvalue weighted by molar-refractivity contribution is -0.137. The maximum atomic E-state index is 10.7. The number of hydrogen-bond donors (Lipinski definition) is 1. The van der Waals surface area contributed by atoms with Crippen LogP contribution >= 0.6 is 0 Å². The molecule has 2 rings (SSSR count). The van der Waals surface area contributed by atoms with Crippen molar-refractivity contribution in [2.45, 2.75) is 70.4 Å². The number of piperidine rings is 1. The molecule has 0 aromatic rings. The zero-order valence-electron chi connectivity index (χ0n) is 10.9. The van der Waals surface area contributed by atoms with Gasteiger partial charge in [0.1, 0.15) is 0 Å². The molecule has 3 unspecified atom stereocenters. The fraction of sp³-hybridized carbons (Fsp3) is 0.929. The van der Waals surface area contributed by atoms with E-state index in [-0.39, 0.29) is 0 Å². The van der Waals surface area contributed by atoms with E-state index >= 15 is 0 Å². The first-order chi connectivity index (χ1) is 8.16. The lowest BCUT2D eigenvalue weighted by Gasteiger charge is -2.40. The van der Waals surface area contributed by atoms with Gasteiger partial charge in [-0.3, -0.25) is 9.69 Å².